The highest BCUT2D eigenvalue weighted by molar-refractivity contribution is 8.00. The molecule has 2 aromatic heterocycles. The molecule has 0 aliphatic rings. The summed E-state index contributed by atoms with van der Waals surface area (Å²) in [5.74, 6) is -0.497. The van der Waals surface area contributed by atoms with E-state index in [2.05, 4.69) is 15.3 Å². The predicted molar refractivity (Wildman–Crippen MR) is 112 cm³/mol. The van der Waals surface area contributed by atoms with E-state index in [9.17, 15) is 9.59 Å². The van der Waals surface area contributed by atoms with Crippen LogP contribution >= 0.6 is 23.1 Å². The first-order chi connectivity index (χ1) is 13.5. The minimum absolute atomic E-state index is 0.0833. The zero-order chi connectivity index (χ0) is 19.9. The van der Waals surface area contributed by atoms with E-state index in [1.54, 1.807) is 6.92 Å². The largest absolute Gasteiger partial charge is 0.452 e. The zero-order valence-electron chi connectivity index (χ0n) is 15.6. The number of benzene rings is 1. The fraction of sp³-hybridized carbons (Fsp3) is 0.300. The van der Waals surface area contributed by atoms with Crippen molar-refractivity contribution >= 4 is 45.2 Å². The molecule has 28 heavy (non-hydrogen) atoms. The van der Waals surface area contributed by atoms with Gasteiger partial charge in [0.15, 0.2) is 6.10 Å². The number of rotatable bonds is 8. The van der Waals surface area contributed by atoms with E-state index in [1.807, 2.05) is 48.7 Å². The molecule has 3 rings (SSSR count). The van der Waals surface area contributed by atoms with Gasteiger partial charge in [0.05, 0.1) is 5.75 Å². The molecule has 6 nitrogen and oxygen atoms in total. The SMILES string of the molecule is C[C@H](CNC(=O)[C@@H](C)OC(=O)CSc1ncnc2sccc12)c1ccccc1. The van der Waals surface area contributed by atoms with Crippen LogP contribution in [0.2, 0.25) is 0 Å². The summed E-state index contributed by atoms with van der Waals surface area (Å²) in [6.07, 6.45) is 0.638. The summed E-state index contributed by atoms with van der Waals surface area (Å²) in [6, 6.07) is 11.9. The molecule has 3 aromatic rings. The molecule has 1 aromatic carbocycles. The van der Waals surface area contributed by atoms with Crippen molar-refractivity contribution in [2.45, 2.75) is 30.9 Å². The van der Waals surface area contributed by atoms with Gasteiger partial charge in [-0.2, -0.15) is 0 Å². The first-order valence-corrected chi connectivity index (χ1v) is 10.7. The molecular weight excluding hydrogens is 394 g/mol. The Morgan fingerprint density at radius 2 is 1.96 bits per heavy atom. The maximum atomic E-state index is 12.2. The maximum Gasteiger partial charge on any atom is 0.317 e. The molecule has 0 spiro atoms. The number of thioether (sulfide) groups is 1. The van der Waals surface area contributed by atoms with E-state index in [1.165, 1.54) is 29.4 Å². The van der Waals surface area contributed by atoms with Gasteiger partial charge >= 0.3 is 5.97 Å². The van der Waals surface area contributed by atoms with E-state index in [0.717, 1.165) is 20.8 Å². The lowest BCUT2D eigenvalue weighted by molar-refractivity contribution is -0.152. The van der Waals surface area contributed by atoms with Crippen LogP contribution in [0.15, 0.2) is 53.1 Å². The van der Waals surface area contributed by atoms with E-state index in [-0.39, 0.29) is 17.6 Å². The Morgan fingerprint density at radius 1 is 1.18 bits per heavy atom. The van der Waals surface area contributed by atoms with Crippen molar-refractivity contribution < 1.29 is 14.3 Å². The molecular formula is C20H21N3O3S2. The molecule has 0 aliphatic carbocycles. The van der Waals surface area contributed by atoms with E-state index in [0.29, 0.717) is 6.54 Å². The Hall–Kier alpha value is -2.45. The Bertz CT molecular complexity index is 946. The average molecular weight is 416 g/mol. The van der Waals surface area contributed by atoms with Gasteiger partial charge in [-0.15, -0.1) is 11.3 Å². The Labute approximate surface area is 171 Å². The van der Waals surface area contributed by atoms with Crippen molar-refractivity contribution in [3.05, 3.63) is 53.7 Å². The lowest BCUT2D eigenvalue weighted by Gasteiger charge is -2.16. The number of aromatic nitrogens is 2. The van der Waals surface area contributed by atoms with Gasteiger partial charge in [0.2, 0.25) is 0 Å². The highest BCUT2D eigenvalue weighted by Gasteiger charge is 2.19. The van der Waals surface area contributed by atoms with Crippen LogP contribution in [0.25, 0.3) is 10.2 Å². The predicted octanol–water partition coefficient (Wildman–Crippen LogP) is 3.64. The molecule has 0 radical (unpaired) electrons. The van der Waals surface area contributed by atoms with Crippen LogP contribution in [0.3, 0.4) is 0 Å². The van der Waals surface area contributed by atoms with E-state index < -0.39 is 12.1 Å². The third-order valence-electron chi connectivity index (χ3n) is 4.18. The van der Waals surface area contributed by atoms with Gasteiger partial charge in [-0.3, -0.25) is 9.59 Å². The molecule has 0 aliphatic heterocycles. The fourth-order valence-electron chi connectivity index (χ4n) is 2.59. The molecule has 0 unspecified atom stereocenters. The van der Waals surface area contributed by atoms with Crippen molar-refractivity contribution in [1.29, 1.82) is 0 Å². The Morgan fingerprint density at radius 3 is 2.75 bits per heavy atom. The maximum absolute atomic E-state index is 12.2. The fourth-order valence-corrected chi connectivity index (χ4v) is 4.15. The number of fused-ring (bicyclic) bond motifs is 1. The molecule has 2 atom stereocenters. The quantitative estimate of drug-likeness (QED) is 0.344. The second kappa shape index (κ2) is 9.66. The highest BCUT2D eigenvalue weighted by atomic mass is 32.2. The van der Waals surface area contributed by atoms with Crippen molar-refractivity contribution in [3.63, 3.8) is 0 Å². The van der Waals surface area contributed by atoms with Crippen LogP contribution in [0, 0.1) is 0 Å². The number of nitrogens with zero attached hydrogens (tertiary/aromatic N) is 2. The van der Waals surface area contributed by atoms with Crippen molar-refractivity contribution in [3.8, 4) is 0 Å². The van der Waals surface area contributed by atoms with Crippen LogP contribution < -0.4 is 5.32 Å². The Kier molecular flexibility index (Phi) is 7.00. The number of hydrogen-bond donors (Lipinski definition) is 1. The van der Waals surface area contributed by atoms with Gasteiger partial charge in [0.25, 0.3) is 5.91 Å². The topological polar surface area (TPSA) is 81.2 Å². The molecule has 2 heterocycles. The molecule has 0 saturated carbocycles. The number of hydrogen-bond acceptors (Lipinski definition) is 7. The molecule has 1 N–H and O–H groups in total. The van der Waals surface area contributed by atoms with Crippen LogP contribution in [0.4, 0.5) is 0 Å². The number of ether oxygens (including phenoxy) is 1. The first kappa shape index (κ1) is 20.3. The smallest absolute Gasteiger partial charge is 0.317 e. The van der Waals surface area contributed by atoms with Crippen LogP contribution in [-0.2, 0) is 14.3 Å². The van der Waals surface area contributed by atoms with Gasteiger partial charge in [-0.05, 0) is 29.9 Å². The number of thiophene rings is 1. The van der Waals surface area contributed by atoms with Crippen molar-refractivity contribution in [1.82, 2.24) is 15.3 Å². The number of carbonyl (C=O) groups is 2. The molecule has 146 valence electrons. The average Bonchev–Trinajstić information content (AvgIpc) is 3.20. The second-order valence-corrected chi connectivity index (χ2v) is 8.15. The minimum atomic E-state index is -0.845. The first-order valence-electron chi connectivity index (χ1n) is 8.87. The van der Waals surface area contributed by atoms with Crippen molar-refractivity contribution in [2.24, 2.45) is 0 Å². The summed E-state index contributed by atoms with van der Waals surface area (Å²) in [5.41, 5.74) is 1.15. The third kappa shape index (κ3) is 5.30. The molecule has 1 amide bonds. The minimum Gasteiger partial charge on any atom is -0.452 e. The summed E-state index contributed by atoms with van der Waals surface area (Å²) in [7, 11) is 0. The molecule has 0 fully saturated rings. The van der Waals surface area contributed by atoms with E-state index >= 15 is 0 Å². The van der Waals surface area contributed by atoms with Crippen LogP contribution in [-0.4, -0.2) is 40.2 Å². The summed E-state index contributed by atoms with van der Waals surface area (Å²) in [6.45, 7) is 4.10. The van der Waals surface area contributed by atoms with Gasteiger partial charge in [-0.25, -0.2) is 9.97 Å². The van der Waals surface area contributed by atoms with Gasteiger partial charge in [0, 0.05) is 11.9 Å². The van der Waals surface area contributed by atoms with E-state index in [4.69, 9.17) is 4.74 Å². The molecule has 0 saturated heterocycles. The van der Waals surface area contributed by atoms with Crippen LogP contribution in [0.5, 0.6) is 0 Å². The number of amides is 1. The Balaban J connectivity index is 1.44. The monoisotopic (exact) mass is 415 g/mol. The second-order valence-electron chi connectivity index (χ2n) is 6.30. The summed E-state index contributed by atoms with van der Waals surface area (Å²) in [5, 5.41) is 6.43. The summed E-state index contributed by atoms with van der Waals surface area (Å²) >= 11 is 2.80. The summed E-state index contributed by atoms with van der Waals surface area (Å²) < 4.78 is 5.25. The third-order valence-corrected chi connectivity index (χ3v) is 5.98. The zero-order valence-corrected chi connectivity index (χ0v) is 17.3. The summed E-state index contributed by atoms with van der Waals surface area (Å²) in [4.78, 5) is 33.6. The van der Waals surface area contributed by atoms with Gasteiger partial charge in [-0.1, -0.05) is 49.0 Å². The van der Waals surface area contributed by atoms with Crippen LogP contribution in [0.1, 0.15) is 25.3 Å². The molecule has 8 heteroatoms. The lowest BCUT2D eigenvalue weighted by Crippen LogP contribution is -2.37. The standard InChI is InChI=1S/C20H21N3O3S2/c1-13(15-6-4-3-5-7-15)10-21-18(25)14(2)26-17(24)11-28-20-16-8-9-27-19(16)22-12-23-20/h3-9,12-14H,10-11H2,1-2H3,(H,21,25)/t13-,14-/m1/s1. The van der Waals surface area contributed by atoms with Gasteiger partial charge < -0.3 is 10.1 Å². The highest BCUT2D eigenvalue weighted by Crippen LogP contribution is 2.27. The lowest BCUT2D eigenvalue weighted by atomic mass is 10.0. The number of nitrogens with one attached hydrogen (secondary N) is 1. The van der Waals surface area contributed by atoms with Crippen molar-refractivity contribution in [2.75, 3.05) is 12.3 Å². The normalized spacial score (nSPS) is 13.1. The van der Waals surface area contributed by atoms with Gasteiger partial charge in [0.1, 0.15) is 16.2 Å². The number of esters is 1. The number of carbonyl (C=O) groups excluding carboxylic acids is 2. The molecule has 0 bridgehead atoms.